The molecule has 0 saturated carbocycles. The van der Waals surface area contributed by atoms with Crippen LogP contribution in [-0.2, 0) is 36.1 Å². The summed E-state index contributed by atoms with van der Waals surface area (Å²) in [5.41, 5.74) is 1.90. The van der Waals surface area contributed by atoms with Crippen molar-refractivity contribution in [3.63, 3.8) is 0 Å². The highest BCUT2D eigenvalue weighted by atomic mass is 35.5. The van der Waals surface area contributed by atoms with E-state index in [1.54, 1.807) is 37.7 Å². The molecule has 5 aromatic rings. The molecular weight excluding hydrogens is 626 g/mol. The Hall–Kier alpha value is -4.09. The van der Waals surface area contributed by atoms with E-state index >= 15 is 17.6 Å². The molecule has 3 aromatic carbocycles. The number of alkyl halides is 4. The van der Waals surface area contributed by atoms with Gasteiger partial charge in [0.25, 0.3) is 0 Å². The first-order valence-electron chi connectivity index (χ1n) is 14.9. The second-order valence-electron chi connectivity index (χ2n) is 11.3. The average molecular weight is 658 g/mol. The minimum atomic E-state index is -4.60. The summed E-state index contributed by atoms with van der Waals surface area (Å²) in [5, 5.41) is 6.97. The molecule has 2 aromatic heterocycles. The second kappa shape index (κ2) is 12.3. The lowest BCUT2D eigenvalue weighted by molar-refractivity contribution is -0.239. The van der Waals surface area contributed by atoms with E-state index < -0.39 is 37.6 Å². The average Bonchev–Trinajstić information content (AvgIpc) is 3.46. The van der Waals surface area contributed by atoms with Gasteiger partial charge in [-0.2, -0.15) is 22.7 Å². The van der Waals surface area contributed by atoms with Gasteiger partial charge in [0.05, 0.1) is 42.6 Å². The smallest absolute Gasteiger partial charge is 0.355 e. The summed E-state index contributed by atoms with van der Waals surface area (Å²) in [6, 6.07) is 16.7. The molecule has 0 bridgehead atoms. The predicted molar refractivity (Wildman–Crippen MR) is 167 cm³/mol. The molecule has 0 spiro atoms. The minimum Gasteiger partial charge on any atom is -0.493 e. The SMILES string of the molecule is CCOC(=O)c1c(CCCOc2cccc3ccccc23)c2ccc(Cl)c3c2n1CC(F)(F)C(F)(F)COCc1nn(C)c(C)c1-3. The van der Waals surface area contributed by atoms with Gasteiger partial charge in [-0.3, -0.25) is 4.68 Å². The molecule has 0 fully saturated rings. The number of halogens is 5. The zero-order valence-electron chi connectivity index (χ0n) is 25.5. The molecule has 0 amide bonds. The van der Waals surface area contributed by atoms with E-state index in [4.69, 9.17) is 25.8 Å². The molecule has 7 nitrogen and oxygen atoms in total. The number of aryl methyl sites for hydroxylation is 2. The van der Waals surface area contributed by atoms with Crippen molar-refractivity contribution in [3.8, 4) is 16.9 Å². The Balaban J connectivity index is 1.52. The van der Waals surface area contributed by atoms with E-state index in [1.807, 2.05) is 42.5 Å². The summed E-state index contributed by atoms with van der Waals surface area (Å²) >= 11 is 6.79. The Bertz CT molecular complexity index is 1950. The normalized spacial score (nSPS) is 15.8. The van der Waals surface area contributed by atoms with Gasteiger partial charge in [-0.1, -0.05) is 54.1 Å². The van der Waals surface area contributed by atoms with Crippen molar-refractivity contribution in [2.75, 3.05) is 19.8 Å². The van der Waals surface area contributed by atoms with Crippen molar-refractivity contribution in [3.05, 3.63) is 82.3 Å². The summed E-state index contributed by atoms with van der Waals surface area (Å²) < 4.78 is 80.4. The van der Waals surface area contributed by atoms with Crippen LogP contribution in [0.2, 0.25) is 5.02 Å². The molecule has 1 aliphatic heterocycles. The quantitative estimate of drug-likeness (QED) is 0.100. The van der Waals surface area contributed by atoms with Gasteiger partial charge in [0.15, 0.2) is 0 Å². The van der Waals surface area contributed by atoms with Crippen molar-refractivity contribution in [2.24, 2.45) is 7.05 Å². The maximum absolute atomic E-state index is 15.6. The summed E-state index contributed by atoms with van der Waals surface area (Å²) in [5.74, 6) is -9.39. The lowest BCUT2D eigenvalue weighted by atomic mass is 9.98. The van der Waals surface area contributed by atoms with Crippen molar-refractivity contribution < 1.29 is 36.6 Å². The molecule has 0 atom stereocenters. The van der Waals surface area contributed by atoms with Crippen molar-refractivity contribution >= 4 is 39.2 Å². The van der Waals surface area contributed by atoms with Crippen LogP contribution in [0.4, 0.5) is 17.6 Å². The Morgan fingerprint density at radius 1 is 1.02 bits per heavy atom. The standard InChI is InChI=1S/C34H32ClF4N3O4/c1-4-45-32(43)31-23(12-8-16-46-27-13-7-10-21-9-5-6-11-22(21)27)24-14-15-25(35)29-28-20(2)41(3)40-26(28)17-44-19-34(38,39)33(36,37)18-42(31)30(24)29/h5-7,9-11,13-15H,4,8,12,16-19H2,1-3H3. The number of fused-ring (bicyclic) bond motifs is 3. The highest BCUT2D eigenvalue weighted by Crippen LogP contribution is 2.45. The zero-order valence-corrected chi connectivity index (χ0v) is 26.3. The van der Waals surface area contributed by atoms with Crippen LogP contribution in [0, 0.1) is 6.92 Å². The maximum atomic E-state index is 15.6. The van der Waals surface area contributed by atoms with E-state index in [9.17, 15) is 4.79 Å². The van der Waals surface area contributed by atoms with E-state index in [1.165, 1.54) is 0 Å². The fourth-order valence-electron chi connectivity index (χ4n) is 6.13. The first-order chi connectivity index (χ1) is 21.9. The monoisotopic (exact) mass is 657 g/mol. The molecule has 0 N–H and O–H groups in total. The summed E-state index contributed by atoms with van der Waals surface area (Å²) in [6.07, 6.45) is 0.581. The molecule has 6 rings (SSSR count). The van der Waals surface area contributed by atoms with Gasteiger partial charge in [0.2, 0.25) is 0 Å². The van der Waals surface area contributed by atoms with Crippen LogP contribution in [0.25, 0.3) is 32.8 Å². The van der Waals surface area contributed by atoms with E-state index in [2.05, 4.69) is 5.10 Å². The molecule has 46 heavy (non-hydrogen) atoms. The van der Waals surface area contributed by atoms with E-state index in [-0.39, 0.29) is 41.6 Å². The molecule has 0 aliphatic carbocycles. The maximum Gasteiger partial charge on any atom is 0.355 e. The Kier molecular flexibility index (Phi) is 8.49. The lowest BCUT2D eigenvalue weighted by Gasteiger charge is -2.27. The number of rotatable bonds is 7. The number of benzene rings is 3. The van der Waals surface area contributed by atoms with Gasteiger partial charge in [-0.15, -0.1) is 0 Å². The topological polar surface area (TPSA) is 67.5 Å². The van der Waals surface area contributed by atoms with Crippen LogP contribution in [0.15, 0.2) is 54.6 Å². The third-order valence-corrected chi connectivity index (χ3v) is 8.71. The van der Waals surface area contributed by atoms with Crippen molar-refractivity contribution in [1.29, 1.82) is 0 Å². The van der Waals surface area contributed by atoms with Crippen molar-refractivity contribution in [1.82, 2.24) is 14.3 Å². The van der Waals surface area contributed by atoms with Crippen LogP contribution >= 0.6 is 11.6 Å². The van der Waals surface area contributed by atoms with Crippen molar-refractivity contribution in [2.45, 2.75) is 51.7 Å². The van der Waals surface area contributed by atoms with Gasteiger partial charge in [-0.25, -0.2) is 4.79 Å². The van der Waals surface area contributed by atoms with Gasteiger partial charge >= 0.3 is 17.8 Å². The van der Waals surface area contributed by atoms with Gasteiger partial charge < -0.3 is 18.8 Å². The van der Waals surface area contributed by atoms with E-state index in [0.29, 0.717) is 39.9 Å². The first kappa shape index (κ1) is 31.9. The van der Waals surface area contributed by atoms with Crippen LogP contribution in [0.5, 0.6) is 5.75 Å². The minimum absolute atomic E-state index is 0.0517. The second-order valence-corrected chi connectivity index (χ2v) is 11.7. The number of aromatic nitrogens is 3. The molecule has 12 heteroatoms. The van der Waals surface area contributed by atoms with Gasteiger partial charge in [0.1, 0.15) is 18.1 Å². The zero-order chi connectivity index (χ0) is 32.8. The Morgan fingerprint density at radius 2 is 1.78 bits per heavy atom. The number of nitrogens with zero attached hydrogens (tertiary/aromatic N) is 3. The first-order valence-corrected chi connectivity index (χ1v) is 15.3. The Morgan fingerprint density at radius 3 is 2.57 bits per heavy atom. The van der Waals surface area contributed by atoms with Crippen LogP contribution in [0.3, 0.4) is 0 Å². The highest BCUT2D eigenvalue weighted by Gasteiger charge is 2.57. The molecule has 3 heterocycles. The fourth-order valence-corrected chi connectivity index (χ4v) is 6.37. The fraction of sp³-hybridized carbons (Fsp3) is 0.353. The van der Waals surface area contributed by atoms with Crippen LogP contribution in [-0.4, -0.2) is 52.0 Å². The molecule has 242 valence electrons. The van der Waals surface area contributed by atoms with E-state index in [0.717, 1.165) is 15.3 Å². The number of esters is 1. The number of hydrogen-bond acceptors (Lipinski definition) is 5. The van der Waals surface area contributed by atoms with Crippen LogP contribution < -0.4 is 4.74 Å². The molecule has 0 saturated heterocycles. The summed E-state index contributed by atoms with van der Waals surface area (Å²) in [4.78, 5) is 13.6. The third kappa shape index (κ3) is 5.49. The van der Waals surface area contributed by atoms with Crippen LogP contribution in [0.1, 0.15) is 40.8 Å². The lowest BCUT2D eigenvalue weighted by Crippen LogP contribution is -2.47. The molecule has 0 radical (unpaired) electrons. The Labute approximate surface area is 267 Å². The molecular formula is C34H32ClF4N3O4. The van der Waals surface area contributed by atoms with Gasteiger partial charge in [-0.05, 0) is 49.8 Å². The molecule has 1 aliphatic rings. The largest absolute Gasteiger partial charge is 0.493 e. The highest BCUT2D eigenvalue weighted by molar-refractivity contribution is 6.35. The van der Waals surface area contributed by atoms with Gasteiger partial charge in [0, 0.05) is 34.6 Å². The summed E-state index contributed by atoms with van der Waals surface area (Å²) in [7, 11) is 1.68. The molecule has 0 unspecified atom stereocenters. The third-order valence-electron chi connectivity index (χ3n) is 8.40. The predicted octanol–water partition coefficient (Wildman–Crippen LogP) is 8.15. The summed E-state index contributed by atoms with van der Waals surface area (Å²) in [6.45, 7) is 0.0245. The number of ether oxygens (including phenoxy) is 3. The number of hydrogen-bond donors (Lipinski definition) is 0. The number of carbonyl (C=O) groups is 1. The number of carbonyl (C=O) groups excluding carboxylic acids is 1.